The van der Waals surface area contributed by atoms with Gasteiger partial charge in [0.2, 0.25) is 0 Å². The molecule has 0 N–H and O–H groups in total. The molecule has 0 unspecified atom stereocenters. The lowest BCUT2D eigenvalue weighted by molar-refractivity contribution is 1.56. The van der Waals surface area contributed by atoms with E-state index in [4.69, 9.17) is 12.2 Å². The maximum Gasteiger partial charge on any atom is 0.110 e. The number of rotatable bonds is 0. The Bertz CT molecular complexity index is 761. The van der Waals surface area contributed by atoms with Crippen LogP contribution in [0, 0.1) is 3.82 Å². The van der Waals surface area contributed by atoms with Crippen molar-refractivity contribution in [1.82, 2.24) is 0 Å². The molecular weight excluding hydrogens is 421 g/mol. The molecule has 0 spiro atoms. The third-order valence-corrected chi connectivity index (χ3v) is 14.1. The minimum atomic E-state index is 1.04. The summed E-state index contributed by atoms with van der Waals surface area (Å²) in [7, 11) is 0. The predicted octanol–water partition coefficient (Wildman–Crippen LogP) is 5.71. The first-order chi connectivity index (χ1) is 9.81. The largest absolute Gasteiger partial charge is 0.119 e. The van der Waals surface area contributed by atoms with Crippen LogP contribution in [-0.2, 0) is 0 Å². The first kappa shape index (κ1) is 15.1. The van der Waals surface area contributed by atoms with Crippen LogP contribution in [0.5, 0.6) is 0 Å². The topological polar surface area (TPSA) is 0 Å². The Labute approximate surface area is 155 Å². The second-order valence-electron chi connectivity index (χ2n) is 3.67. The third kappa shape index (κ3) is 2.99. The standard InChI is InChI=1S/C11H6S9/c12-6-5(7-13-1-2-14-7)17-10(18-6)11-19-8-9(20-11)16-4-3-15-8/h1-2H,3-4H2. The van der Waals surface area contributed by atoms with Crippen LogP contribution < -0.4 is 8.38 Å². The molecule has 3 aliphatic heterocycles. The van der Waals surface area contributed by atoms with Gasteiger partial charge in [0.25, 0.3) is 0 Å². The normalized spacial score (nSPS) is 22.0. The average Bonchev–Trinajstić information content (AvgIpc) is 3.16. The molecule has 0 aromatic carbocycles. The quantitative estimate of drug-likeness (QED) is 0.481. The van der Waals surface area contributed by atoms with Crippen LogP contribution >= 0.6 is 105 Å². The molecule has 0 aliphatic carbocycles. The second kappa shape index (κ2) is 6.60. The van der Waals surface area contributed by atoms with Gasteiger partial charge in [0.1, 0.15) is 7.67 Å². The highest BCUT2D eigenvalue weighted by Crippen LogP contribution is 2.59. The highest BCUT2D eigenvalue weighted by Gasteiger charge is 2.26. The Morgan fingerprint density at radius 3 is 2.10 bits per heavy atom. The average molecular weight is 427 g/mol. The maximum atomic E-state index is 5.57. The minimum absolute atomic E-state index is 1.04. The van der Waals surface area contributed by atoms with Gasteiger partial charge in [-0.15, -0.1) is 46.2 Å². The van der Waals surface area contributed by atoms with Crippen molar-refractivity contribution < 1.29 is 0 Å². The molecule has 9 heteroatoms. The van der Waals surface area contributed by atoms with Gasteiger partial charge in [0, 0.05) is 11.5 Å². The smallest absolute Gasteiger partial charge is 0.110 e. The van der Waals surface area contributed by atoms with Crippen LogP contribution in [0.1, 0.15) is 0 Å². The summed E-state index contributed by atoms with van der Waals surface area (Å²) in [6, 6.07) is 0. The molecule has 0 amide bonds. The monoisotopic (exact) mass is 426 g/mol. The highest BCUT2D eigenvalue weighted by molar-refractivity contribution is 8.46. The Morgan fingerprint density at radius 2 is 1.45 bits per heavy atom. The molecule has 3 aliphatic rings. The summed E-state index contributed by atoms with van der Waals surface area (Å²) in [6.45, 7) is 0. The van der Waals surface area contributed by atoms with Gasteiger partial charge in [-0.05, 0) is 10.8 Å². The lowest BCUT2D eigenvalue weighted by atomic mass is 10.9. The highest BCUT2D eigenvalue weighted by atomic mass is 32.3. The third-order valence-electron chi connectivity index (χ3n) is 2.41. The summed E-state index contributed by atoms with van der Waals surface area (Å²) in [5, 5.41) is 4.27. The molecule has 4 rings (SSSR count). The van der Waals surface area contributed by atoms with E-state index in [1.54, 1.807) is 34.9 Å². The van der Waals surface area contributed by atoms with E-state index in [9.17, 15) is 0 Å². The van der Waals surface area contributed by atoms with Crippen molar-refractivity contribution >= 4 is 114 Å². The molecule has 104 valence electrons. The Hall–Kier alpha value is 1.59. The molecule has 0 nitrogen and oxygen atoms in total. The van der Waals surface area contributed by atoms with E-state index >= 15 is 0 Å². The van der Waals surface area contributed by atoms with E-state index < -0.39 is 0 Å². The van der Waals surface area contributed by atoms with Crippen molar-refractivity contribution in [2.75, 3.05) is 11.5 Å². The summed E-state index contributed by atoms with van der Waals surface area (Å²) in [5.41, 5.74) is 0. The number of thioether (sulfide) groups is 6. The Morgan fingerprint density at radius 1 is 0.800 bits per heavy atom. The molecule has 0 radical (unpaired) electrons. The SMILES string of the molecule is S=c1sc(=C2SC3=C(SCCS3)S2)sc1=C1SC=CS1. The lowest BCUT2D eigenvalue weighted by Gasteiger charge is -2.08. The van der Waals surface area contributed by atoms with Crippen molar-refractivity contribution in [2.45, 2.75) is 0 Å². The van der Waals surface area contributed by atoms with Crippen molar-refractivity contribution in [3.63, 3.8) is 0 Å². The first-order valence-corrected chi connectivity index (χ1v) is 12.9. The zero-order chi connectivity index (χ0) is 13.5. The molecule has 4 heterocycles. The van der Waals surface area contributed by atoms with Gasteiger partial charge in [-0.2, -0.15) is 0 Å². The van der Waals surface area contributed by atoms with E-state index in [2.05, 4.69) is 10.8 Å². The van der Waals surface area contributed by atoms with Gasteiger partial charge in [-0.3, -0.25) is 0 Å². The zero-order valence-corrected chi connectivity index (χ0v) is 17.1. The van der Waals surface area contributed by atoms with E-state index in [1.165, 1.54) is 36.8 Å². The van der Waals surface area contributed by atoms with Crippen molar-refractivity contribution in [2.24, 2.45) is 0 Å². The second-order valence-corrected chi connectivity index (χ2v) is 13.8. The Kier molecular flexibility index (Phi) is 5.00. The Balaban J connectivity index is 1.78. The maximum absolute atomic E-state index is 5.57. The molecule has 0 atom stereocenters. The molecule has 1 aromatic rings. The molecule has 0 fully saturated rings. The van der Waals surface area contributed by atoms with Crippen molar-refractivity contribution in [3.05, 3.63) is 31.5 Å². The summed E-state index contributed by atoms with van der Waals surface area (Å²) >= 11 is 20.7. The van der Waals surface area contributed by atoms with Gasteiger partial charge in [-0.1, -0.05) is 59.3 Å². The lowest BCUT2D eigenvalue weighted by Crippen LogP contribution is -1.95. The molecule has 0 saturated heterocycles. The van der Waals surface area contributed by atoms with Crippen LogP contribution in [-0.4, -0.2) is 11.5 Å². The van der Waals surface area contributed by atoms with E-state index in [1.807, 2.05) is 58.4 Å². The van der Waals surface area contributed by atoms with Gasteiger partial charge < -0.3 is 0 Å². The van der Waals surface area contributed by atoms with E-state index in [-0.39, 0.29) is 0 Å². The fourth-order valence-corrected chi connectivity index (χ4v) is 13.1. The van der Waals surface area contributed by atoms with E-state index in [0.717, 1.165) is 3.82 Å². The summed E-state index contributed by atoms with van der Waals surface area (Å²) in [6.07, 6.45) is 0. The van der Waals surface area contributed by atoms with Gasteiger partial charge >= 0.3 is 0 Å². The molecule has 1 aromatic heterocycles. The molecule has 0 bridgehead atoms. The van der Waals surface area contributed by atoms with E-state index in [0.29, 0.717) is 0 Å². The van der Waals surface area contributed by atoms with Crippen LogP contribution in [0.3, 0.4) is 0 Å². The van der Waals surface area contributed by atoms with Crippen LogP contribution in [0.25, 0.3) is 8.47 Å². The fourth-order valence-electron chi connectivity index (χ4n) is 1.61. The van der Waals surface area contributed by atoms with Crippen LogP contribution in [0.15, 0.2) is 19.3 Å². The van der Waals surface area contributed by atoms with Gasteiger partial charge in [0.15, 0.2) is 0 Å². The molecule has 0 saturated carbocycles. The number of hydrogen-bond donors (Lipinski definition) is 0. The zero-order valence-electron chi connectivity index (χ0n) is 9.74. The van der Waals surface area contributed by atoms with Crippen molar-refractivity contribution in [1.29, 1.82) is 0 Å². The van der Waals surface area contributed by atoms with Crippen LogP contribution in [0.2, 0.25) is 0 Å². The fraction of sp³-hybridized carbons (Fsp3) is 0.182. The van der Waals surface area contributed by atoms with Crippen molar-refractivity contribution in [3.8, 4) is 0 Å². The minimum Gasteiger partial charge on any atom is -0.119 e. The molecule has 20 heavy (non-hydrogen) atoms. The summed E-state index contributed by atoms with van der Waals surface area (Å²) in [4.78, 5) is 0. The first-order valence-electron chi connectivity index (χ1n) is 5.54. The summed E-state index contributed by atoms with van der Waals surface area (Å²) in [5.74, 6) is 2.49. The van der Waals surface area contributed by atoms with Gasteiger partial charge in [0.05, 0.1) is 21.5 Å². The number of hydrogen-bond acceptors (Lipinski definition) is 9. The predicted molar refractivity (Wildman–Crippen MR) is 111 cm³/mol. The summed E-state index contributed by atoms with van der Waals surface area (Å²) < 4.78 is 9.52. The van der Waals surface area contributed by atoms with Crippen LogP contribution in [0.4, 0.5) is 0 Å². The molecular formula is C11H6S9. The van der Waals surface area contributed by atoms with Gasteiger partial charge in [-0.25, -0.2) is 0 Å².